The smallest absolute Gasteiger partial charge is 0.264 e. The van der Waals surface area contributed by atoms with Crippen LogP contribution in [-0.2, 0) is 26.2 Å². The van der Waals surface area contributed by atoms with Gasteiger partial charge in [0.2, 0.25) is 11.8 Å². The normalized spacial score (nSPS) is 12.0. The lowest BCUT2D eigenvalue weighted by Gasteiger charge is -2.33. The van der Waals surface area contributed by atoms with Crippen LogP contribution in [0.3, 0.4) is 0 Å². The average Bonchev–Trinajstić information content (AvgIpc) is 2.90. The van der Waals surface area contributed by atoms with Gasteiger partial charge in [0.15, 0.2) is 0 Å². The second-order valence-electron chi connectivity index (χ2n) is 8.44. The summed E-state index contributed by atoms with van der Waals surface area (Å²) >= 11 is 6.31. The van der Waals surface area contributed by atoms with Gasteiger partial charge in [-0.05, 0) is 60.9 Å². The number of aryl methyl sites for hydroxylation is 1. The summed E-state index contributed by atoms with van der Waals surface area (Å²) in [5.41, 5.74) is 1.55. The number of rotatable bonds is 10. The van der Waals surface area contributed by atoms with E-state index in [1.807, 2.05) is 0 Å². The number of benzene rings is 3. The van der Waals surface area contributed by atoms with E-state index in [2.05, 4.69) is 5.32 Å². The highest BCUT2D eigenvalue weighted by Crippen LogP contribution is 2.28. The van der Waals surface area contributed by atoms with Gasteiger partial charge < -0.3 is 10.2 Å². The van der Waals surface area contributed by atoms with Crippen molar-refractivity contribution in [1.29, 1.82) is 0 Å². The van der Waals surface area contributed by atoms with Crippen molar-refractivity contribution in [2.75, 3.05) is 17.9 Å². The first-order valence-electron chi connectivity index (χ1n) is 11.7. The van der Waals surface area contributed by atoms with Crippen molar-refractivity contribution in [3.8, 4) is 0 Å². The molecule has 2 amide bonds. The van der Waals surface area contributed by atoms with Crippen LogP contribution in [-0.4, -0.2) is 44.8 Å². The quantitative estimate of drug-likeness (QED) is 0.405. The van der Waals surface area contributed by atoms with Gasteiger partial charge >= 0.3 is 0 Å². The van der Waals surface area contributed by atoms with Crippen molar-refractivity contribution < 1.29 is 22.4 Å². The van der Waals surface area contributed by atoms with Gasteiger partial charge in [-0.2, -0.15) is 0 Å². The molecule has 10 heteroatoms. The molecule has 3 aromatic carbocycles. The molecule has 0 unspecified atom stereocenters. The molecular formula is C27H29ClFN3O4S. The third kappa shape index (κ3) is 6.67. The van der Waals surface area contributed by atoms with E-state index < -0.39 is 40.2 Å². The van der Waals surface area contributed by atoms with Crippen molar-refractivity contribution in [2.45, 2.75) is 37.8 Å². The zero-order chi connectivity index (χ0) is 27.2. The number of nitrogens with one attached hydrogen (secondary N) is 1. The molecule has 0 fully saturated rings. The van der Waals surface area contributed by atoms with E-state index in [0.717, 1.165) is 9.87 Å². The number of carbonyl (C=O) groups excluding carboxylic acids is 2. The van der Waals surface area contributed by atoms with Crippen LogP contribution in [0.2, 0.25) is 5.02 Å². The first-order valence-corrected chi connectivity index (χ1v) is 13.5. The number of carbonyl (C=O) groups is 2. The zero-order valence-corrected chi connectivity index (χ0v) is 22.4. The number of nitrogens with zero attached hydrogens (tertiary/aromatic N) is 2. The zero-order valence-electron chi connectivity index (χ0n) is 20.8. The molecule has 1 atom stereocenters. The summed E-state index contributed by atoms with van der Waals surface area (Å²) in [5, 5.41) is 2.90. The van der Waals surface area contributed by atoms with Gasteiger partial charge in [-0.25, -0.2) is 12.8 Å². The predicted molar refractivity (Wildman–Crippen MR) is 142 cm³/mol. The maximum atomic E-state index is 13.8. The Hall–Kier alpha value is -3.43. The molecule has 0 saturated carbocycles. The van der Waals surface area contributed by atoms with Crippen molar-refractivity contribution in [2.24, 2.45) is 0 Å². The highest BCUT2D eigenvalue weighted by molar-refractivity contribution is 7.92. The molecule has 3 aromatic rings. The Bertz CT molecular complexity index is 1350. The average molecular weight is 546 g/mol. The number of halogens is 2. The fraction of sp³-hybridized carbons (Fsp3) is 0.259. The fourth-order valence-electron chi connectivity index (χ4n) is 3.86. The summed E-state index contributed by atoms with van der Waals surface area (Å²) in [5.74, 6) is -1.43. The molecule has 0 aliphatic carbocycles. The maximum Gasteiger partial charge on any atom is 0.264 e. The van der Waals surface area contributed by atoms with Crippen LogP contribution in [0.15, 0.2) is 77.7 Å². The van der Waals surface area contributed by atoms with E-state index in [1.165, 1.54) is 54.4 Å². The second-order valence-corrected chi connectivity index (χ2v) is 10.7. The number of likely N-dealkylation sites (N-methyl/N-ethyl adjacent to an activating group) is 1. The Morgan fingerprint density at radius 1 is 1.03 bits per heavy atom. The molecule has 0 spiro atoms. The molecule has 37 heavy (non-hydrogen) atoms. The number of amides is 2. The van der Waals surface area contributed by atoms with Crippen LogP contribution < -0.4 is 9.62 Å². The standard InChI is InChI=1S/C27H29ClFN3O4S/c1-4-25(27(34)30-3)31(17-20-11-13-21(29)14-12-20)26(33)18-32(22-15-10-19(2)24(28)16-22)37(35,36)23-8-6-5-7-9-23/h5-16,25H,4,17-18H2,1-3H3,(H,30,34)/t25-/m0/s1. The molecular weight excluding hydrogens is 517 g/mol. The highest BCUT2D eigenvalue weighted by Gasteiger charge is 2.33. The van der Waals surface area contributed by atoms with Crippen molar-refractivity contribution in [3.63, 3.8) is 0 Å². The Balaban J connectivity index is 2.06. The van der Waals surface area contributed by atoms with Crippen LogP contribution in [0.25, 0.3) is 0 Å². The minimum absolute atomic E-state index is 0.00271. The van der Waals surface area contributed by atoms with E-state index in [1.54, 1.807) is 44.2 Å². The van der Waals surface area contributed by atoms with Gasteiger partial charge in [-0.15, -0.1) is 0 Å². The molecule has 0 aromatic heterocycles. The molecule has 3 rings (SSSR count). The van der Waals surface area contributed by atoms with Gasteiger partial charge in [0.1, 0.15) is 18.4 Å². The summed E-state index contributed by atoms with van der Waals surface area (Å²) < 4.78 is 41.9. The first-order chi connectivity index (χ1) is 17.6. The van der Waals surface area contributed by atoms with Gasteiger partial charge in [0, 0.05) is 18.6 Å². The molecule has 0 heterocycles. The van der Waals surface area contributed by atoms with Crippen molar-refractivity contribution >= 4 is 39.1 Å². The molecule has 0 saturated heterocycles. The summed E-state index contributed by atoms with van der Waals surface area (Å²) in [4.78, 5) is 27.8. The van der Waals surface area contributed by atoms with E-state index in [-0.39, 0.29) is 23.5 Å². The molecule has 196 valence electrons. The molecule has 1 N–H and O–H groups in total. The van der Waals surface area contributed by atoms with Gasteiger partial charge in [0.25, 0.3) is 10.0 Å². The van der Waals surface area contributed by atoms with E-state index in [0.29, 0.717) is 10.6 Å². The van der Waals surface area contributed by atoms with E-state index in [4.69, 9.17) is 11.6 Å². The minimum Gasteiger partial charge on any atom is -0.357 e. The summed E-state index contributed by atoms with van der Waals surface area (Å²) in [6.07, 6.45) is 0.286. The van der Waals surface area contributed by atoms with Crippen LogP contribution >= 0.6 is 11.6 Å². The van der Waals surface area contributed by atoms with Gasteiger partial charge in [-0.3, -0.25) is 13.9 Å². The summed E-state index contributed by atoms with van der Waals surface area (Å²) in [7, 11) is -2.71. The second kappa shape index (κ2) is 12.2. The minimum atomic E-state index is -4.17. The lowest BCUT2D eigenvalue weighted by atomic mass is 10.1. The van der Waals surface area contributed by atoms with Crippen LogP contribution in [0.1, 0.15) is 24.5 Å². The summed E-state index contributed by atoms with van der Waals surface area (Å²) in [6, 6.07) is 17.2. The molecule has 0 aliphatic heterocycles. The first kappa shape index (κ1) is 28.1. The number of sulfonamides is 1. The Labute approximate surface area is 221 Å². The van der Waals surface area contributed by atoms with Gasteiger partial charge in [0.05, 0.1) is 10.6 Å². The largest absolute Gasteiger partial charge is 0.357 e. The van der Waals surface area contributed by atoms with Crippen molar-refractivity contribution in [1.82, 2.24) is 10.2 Å². The Morgan fingerprint density at radius 2 is 1.68 bits per heavy atom. The summed E-state index contributed by atoms with van der Waals surface area (Å²) in [6.45, 7) is 2.94. The third-order valence-corrected chi connectivity index (χ3v) is 8.15. The molecule has 7 nitrogen and oxygen atoms in total. The van der Waals surface area contributed by atoms with Gasteiger partial charge in [-0.1, -0.05) is 54.9 Å². The molecule has 0 radical (unpaired) electrons. The highest BCUT2D eigenvalue weighted by atomic mass is 35.5. The third-order valence-electron chi connectivity index (χ3n) is 5.95. The van der Waals surface area contributed by atoms with Crippen LogP contribution in [0.5, 0.6) is 0 Å². The fourth-order valence-corrected chi connectivity index (χ4v) is 5.46. The number of anilines is 1. The number of hydrogen-bond acceptors (Lipinski definition) is 4. The van der Waals surface area contributed by atoms with Crippen LogP contribution in [0, 0.1) is 12.7 Å². The Morgan fingerprint density at radius 3 is 2.24 bits per heavy atom. The monoisotopic (exact) mass is 545 g/mol. The lowest BCUT2D eigenvalue weighted by Crippen LogP contribution is -2.51. The number of hydrogen-bond donors (Lipinski definition) is 1. The van der Waals surface area contributed by atoms with E-state index in [9.17, 15) is 22.4 Å². The predicted octanol–water partition coefficient (Wildman–Crippen LogP) is 4.54. The maximum absolute atomic E-state index is 13.8. The van der Waals surface area contributed by atoms with Crippen molar-refractivity contribution in [3.05, 3.63) is 94.8 Å². The lowest BCUT2D eigenvalue weighted by molar-refractivity contribution is -0.140. The molecule has 0 bridgehead atoms. The Kier molecular flexibility index (Phi) is 9.29. The SMILES string of the molecule is CC[C@@H](C(=O)NC)N(Cc1ccc(F)cc1)C(=O)CN(c1ccc(C)c(Cl)c1)S(=O)(=O)c1ccccc1. The van der Waals surface area contributed by atoms with E-state index >= 15 is 0 Å². The molecule has 0 aliphatic rings. The van der Waals surface area contributed by atoms with Crippen LogP contribution in [0.4, 0.5) is 10.1 Å². The topological polar surface area (TPSA) is 86.8 Å².